The number of aromatic carboxylic acids is 1. The van der Waals surface area contributed by atoms with Crippen molar-refractivity contribution in [2.45, 2.75) is 18.8 Å². The molecule has 1 fully saturated rings. The molecule has 1 aliphatic heterocycles. The molecular formula is C13H18N2O2. The minimum Gasteiger partial charge on any atom is -0.478 e. The van der Waals surface area contributed by atoms with Crippen LogP contribution in [0.3, 0.4) is 0 Å². The van der Waals surface area contributed by atoms with E-state index in [9.17, 15) is 4.79 Å². The maximum absolute atomic E-state index is 10.8. The van der Waals surface area contributed by atoms with E-state index in [4.69, 9.17) is 10.8 Å². The summed E-state index contributed by atoms with van der Waals surface area (Å²) >= 11 is 0. The van der Waals surface area contributed by atoms with Gasteiger partial charge in [-0.05, 0) is 56.6 Å². The molecular weight excluding hydrogens is 216 g/mol. The first-order chi connectivity index (χ1) is 8.08. The zero-order valence-electron chi connectivity index (χ0n) is 10.0. The van der Waals surface area contributed by atoms with E-state index in [1.165, 1.54) is 0 Å². The average molecular weight is 234 g/mol. The van der Waals surface area contributed by atoms with Crippen molar-refractivity contribution < 1.29 is 9.90 Å². The number of hydrogen-bond donors (Lipinski definition) is 2. The van der Waals surface area contributed by atoms with Gasteiger partial charge in [0.1, 0.15) is 0 Å². The fourth-order valence-corrected chi connectivity index (χ4v) is 2.40. The van der Waals surface area contributed by atoms with E-state index >= 15 is 0 Å². The molecule has 0 bridgehead atoms. The standard InChI is InChI=1S/C13H18N2O2/c1-15-6-4-9(5-7-15)11-3-2-10(13(16)17)8-12(11)14/h2-3,8-9H,4-7,14H2,1H3,(H,16,17). The van der Waals surface area contributed by atoms with Gasteiger partial charge in [0, 0.05) is 5.69 Å². The fourth-order valence-electron chi connectivity index (χ4n) is 2.40. The highest BCUT2D eigenvalue weighted by Gasteiger charge is 2.20. The lowest BCUT2D eigenvalue weighted by atomic mass is 9.88. The fraction of sp³-hybridized carbons (Fsp3) is 0.462. The van der Waals surface area contributed by atoms with Gasteiger partial charge in [-0.15, -0.1) is 0 Å². The first kappa shape index (κ1) is 11.9. The van der Waals surface area contributed by atoms with E-state index in [1.54, 1.807) is 12.1 Å². The van der Waals surface area contributed by atoms with Gasteiger partial charge >= 0.3 is 5.97 Å². The van der Waals surface area contributed by atoms with Crippen LogP contribution in [0.4, 0.5) is 5.69 Å². The summed E-state index contributed by atoms with van der Waals surface area (Å²) in [6.45, 7) is 2.15. The topological polar surface area (TPSA) is 66.6 Å². The lowest BCUT2D eigenvalue weighted by Crippen LogP contribution is -2.29. The molecule has 1 saturated heterocycles. The van der Waals surface area contributed by atoms with Crippen molar-refractivity contribution in [3.63, 3.8) is 0 Å². The second-order valence-electron chi connectivity index (χ2n) is 4.73. The van der Waals surface area contributed by atoms with Gasteiger partial charge < -0.3 is 15.7 Å². The quantitative estimate of drug-likeness (QED) is 0.765. The number of carboxylic acids is 1. The molecule has 1 aliphatic rings. The van der Waals surface area contributed by atoms with Crippen LogP contribution in [0.15, 0.2) is 18.2 Å². The zero-order valence-corrected chi connectivity index (χ0v) is 10.0. The number of benzene rings is 1. The van der Waals surface area contributed by atoms with E-state index in [0.29, 0.717) is 11.6 Å². The molecule has 1 aromatic carbocycles. The van der Waals surface area contributed by atoms with E-state index in [1.807, 2.05) is 6.07 Å². The molecule has 0 saturated carbocycles. The van der Waals surface area contributed by atoms with Crippen molar-refractivity contribution in [3.05, 3.63) is 29.3 Å². The smallest absolute Gasteiger partial charge is 0.335 e. The number of nitrogen functional groups attached to an aromatic ring is 1. The number of likely N-dealkylation sites (tertiary alicyclic amines) is 1. The molecule has 3 N–H and O–H groups in total. The summed E-state index contributed by atoms with van der Waals surface area (Å²) < 4.78 is 0. The van der Waals surface area contributed by atoms with Gasteiger partial charge in [-0.3, -0.25) is 0 Å². The van der Waals surface area contributed by atoms with Gasteiger partial charge in [-0.2, -0.15) is 0 Å². The van der Waals surface area contributed by atoms with E-state index in [-0.39, 0.29) is 5.56 Å². The van der Waals surface area contributed by atoms with Crippen LogP contribution in [0, 0.1) is 0 Å². The van der Waals surface area contributed by atoms with Crippen LogP contribution in [-0.2, 0) is 0 Å². The molecule has 17 heavy (non-hydrogen) atoms. The highest BCUT2D eigenvalue weighted by molar-refractivity contribution is 5.89. The Kier molecular flexibility index (Phi) is 3.33. The molecule has 92 valence electrons. The van der Waals surface area contributed by atoms with Crippen molar-refractivity contribution in [2.24, 2.45) is 0 Å². The van der Waals surface area contributed by atoms with Crippen LogP contribution in [-0.4, -0.2) is 36.1 Å². The largest absolute Gasteiger partial charge is 0.478 e. The third-order valence-corrected chi connectivity index (χ3v) is 3.49. The minimum atomic E-state index is -0.924. The first-order valence-electron chi connectivity index (χ1n) is 5.89. The SMILES string of the molecule is CN1CCC(c2ccc(C(=O)O)cc2N)CC1. The highest BCUT2D eigenvalue weighted by Crippen LogP contribution is 2.31. The van der Waals surface area contributed by atoms with Crippen LogP contribution >= 0.6 is 0 Å². The van der Waals surface area contributed by atoms with Crippen molar-refractivity contribution in [2.75, 3.05) is 25.9 Å². The monoisotopic (exact) mass is 234 g/mol. The maximum atomic E-state index is 10.8. The molecule has 0 aliphatic carbocycles. The molecule has 1 heterocycles. The van der Waals surface area contributed by atoms with Crippen molar-refractivity contribution in [3.8, 4) is 0 Å². The Labute approximate surface area is 101 Å². The third kappa shape index (κ3) is 2.58. The van der Waals surface area contributed by atoms with Gasteiger partial charge in [-0.1, -0.05) is 6.07 Å². The second-order valence-corrected chi connectivity index (χ2v) is 4.73. The summed E-state index contributed by atoms with van der Waals surface area (Å²) in [6, 6.07) is 5.08. The summed E-state index contributed by atoms with van der Waals surface area (Å²) in [4.78, 5) is 13.1. The van der Waals surface area contributed by atoms with Crippen LogP contribution in [0.5, 0.6) is 0 Å². The van der Waals surface area contributed by atoms with Gasteiger partial charge in [0.25, 0.3) is 0 Å². The number of rotatable bonds is 2. The first-order valence-corrected chi connectivity index (χ1v) is 5.89. The molecule has 1 aromatic rings. The Hall–Kier alpha value is -1.55. The zero-order chi connectivity index (χ0) is 12.4. The summed E-state index contributed by atoms with van der Waals surface area (Å²) in [5, 5.41) is 8.88. The maximum Gasteiger partial charge on any atom is 0.335 e. The number of piperidine rings is 1. The van der Waals surface area contributed by atoms with Crippen LogP contribution in [0.25, 0.3) is 0 Å². The summed E-state index contributed by atoms with van der Waals surface area (Å²) in [5.41, 5.74) is 7.92. The molecule has 4 heteroatoms. The number of carboxylic acid groups (broad SMARTS) is 1. The number of nitrogens with two attached hydrogens (primary N) is 1. The second kappa shape index (κ2) is 4.75. The molecule has 2 rings (SSSR count). The highest BCUT2D eigenvalue weighted by atomic mass is 16.4. The molecule has 4 nitrogen and oxygen atoms in total. The van der Waals surface area contributed by atoms with Gasteiger partial charge in [0.2, 0.25) is 0 Å². The summed E-state index contributed by atoms with van der Waals surface area (Å²) in [7, 11) is 2.12. The summed E-state index contributed by atoms with van der Waals surface area (Å²) in [5.74, 6) is -0.458. The Balaban J connectivity index is 2.19. The Morgan fingerprint density at radius 1 is 1.41 bits per heavy atom. The van der Waals surface area contributed by atoms with Gasteiger partial charge in [0.05, 0.1) is 5.56 Å². The van der Waals surface area contributed by atoms with E-state index in [2.05, 4.69) is 11.9 Å². The Bertz CT molecular complexity index is 423. The number of anilines is 1. The van der Waals surface area contributed by atoms with Crippen LogP contribution in [0.1, 0.15) is 34.7 Å². The lowest BCUT2D eigenvalue weighted by Gasteiger charge is -2.29. The average Bonchev–Trinajstić information content (AvgIpc) is 2.30. The number of hydrogen-bond acceptors (Lipinski definition) is 3. The molecule has 0 aromatic heterocycles. The lowest BCUT2D eigenvalue weighted by molar-refractivity contribution is 0.0697. The normalized spacial score (nSPS) is 18.2. The molecule has 0 atom stereocenters. The molecule has 0 spiro atoms. The van der Waals surface area contributed by atoms with E-state index < -0.39 is 5.97 Å². The molecule has 0 unspecified atom stereocenters. The Morgan fingerprint density at radius 2 is 2.06 bits per heavy atom. The van der Waals surface area contributed by atoms with Gasteiger partial charge in [0.15, 0.2) is 0 Å². The Morgan fingerprint density at radius 3 is 2.59 bits per heavy atom. The summed E-state index contributed by atoms with van der Waals surface area (Å²) in [6.07, 6.45) is 2.18. The molecule has 0 radical (unpaired) electrons. The predicted octanol–water partition coefficient (Wildman–Crippen LogP) is 1.78. The number of carbonyl (C=O) groups is 1. The number of nitrogens with zero attached hydrogens (tertiary/aromatic N) is 1. The predicted molar refractivity (Wildman–Crippen MR) is 67.3 cm³/mol. The third-order valence-electron chi connectivity index (χ3n) is 3.49. The van der Waals surface area contributed by atoms with Crippen molar-refractivity contribution >= 4 is 11.7 Å². The minimum absolute atomic E-state index is 0.263. The van der Waals surface area contributed by atoms with Gasteiger partial charge in [-0.25, -0.2) is 4.79 Å². The van der Waals surface area contributed by atoms with Crippen LogP contribution < -0.4 is 5.73 Å². The van der Waals surface area contributed by atoms with E-state index in [0.717, 1.165) is 31.5 Å². The van der Waals surface area contributed by atoms with Crippen molar-refractivity contribution in [1.82, 2.24) is 4.90 Å². The van der Waals surface area contributed by atoms with Crippen molar-refractivity contribution in [1.29, 1.82) is 0 Å². The molecule has 0 amide bonds. The van der Waals surface area contributed by atoms with Crippen LogP contribution in [0.2, 0.25) is 0 Å².